The third kappa shape index (κ3) is 10.5. The van der Waals surface area contributed by atoms with Gasteiger partial charge in [0.2, 0.25) is 17.7 Å². The maximum Gasteiger partial charge on any atom is 0.422 e. The fraction of sp³-hybridized carbons (Fsp3) is 0.342. The van der Waals surface area contributed by atoms with E-state index in [0.717, 1.165) is 30.4 Å². The van der Waals surface area contributed by atoms with Crippen molar-refractivity contribution < 1.29 is 42.2 Å². The zero-order valence-corrected chi connectivity index (χ0v) is 30.0. The van der Waals surface area contributed by atoms with Crippen molar-refractivity contribution in [2.75, 3.05) is 23.8 Å². The molecule has 0 saturated heterocycles. The number of hydrogen-bond donors (Lipinski definition) is 5. The maximum atomic E-state index is 13.0. The van der Waals surface area contributed by atoms with Crippen molar-refractivity contribution in [3.63, 3.8) is 0 Å². The molecule has 5 N–H and O–H groups in total. The highest BCUT2D eigenvalue weighted by Crippen LogP contribution is 2.48. The molecule has 0 aliphatic heterocycles. The van der Waals surface area contributed by atoms with Crippen LogP contribution in [-0.4, -0.2) is 69.0 Å². The number of fused-ring (bicyclic) bond motifs is 1. The van der Waals surface area contributed by atoms with E-state index in [1.165, 1.54) is 29.8 Å². The van der Waals surface area contributed by atoms with Crippen molar-refractivity contribution in [3.8, 4) is 6.01 Å². The van der Waals surface area contributed by atoms with Crippen LogP contribution in [0.25, 0.3) is 0 Å². The number of carbonyl (C=O) groups is 4. The zero-order chi connectivity index (χ0) is 39.2. The standard InChI is InChI=1S/C38H37ClF3N7O6/c39-26-12-10-25(11-13-26)37(18-19-37)49-35-46-34(47-36(48-35)55-21-38(40,41)42)44-27-14-8-23(9-15-27)31(51)45-29(33(53)54)16-17-30(50)32(52)43-20-24-6-3-5-22-4-1-2-7-28(22)24/h1-2,4,7-15,24,29H,3,5-6,16-21H2,(H,43,52)(H,45,51)(H,53,54)(H2,44,46,47,48,49)/t24?,29-/m1/s1. The van der Waals surface area contributed by atoms with Crippen molar-refractivity contribution >= 4 is 52.8 Å². The van der Waals surface area contributed by atoms with Gasteiger partial charge in [0.05, 0.1) is 5.54 Å². The van der Waals surface area contributed by atoms with Crippen LogP contribution >= 0.6 is 11.6 Å². The number of carboxylic acids is 1. The number of nitrogens with zero attached hydrogens (tertiary/aromatic N) is 3. The highest BCUT2D eigenvalue weighted by molar-refractivity contribution is 6.36. The average molecular weight is 780 g/mol. The number of hydrogen-bond acceptors (Lipinski definition) is 10. The first-order chi connectivity index (χ1) is 26.3. The van der Waals surface area contributed by atoms with Crippen LogP contribution in [0, 0.1) is 0 Å². The second-order valence-electron chi connectivity index (χ2n) is 13.4. The smallest absolute Gasteiger partial charge is 0.422 e. The summed E-state index contributed by atoms with van der Waals surface area (Å²) in [6.07, 6.45) is -1.13. The summed E-state index contributed by atoms with van der Waals surface area (Å²) in [5.41, 5.74) is 3.09. The number of alkyl halides is 3. The quantitative estimate of drug-likeness (QED) is 0.0831. The summed E-state index contributed by atoms with van der Waals surface area (Å²) in [5, 5.41) is 21.4. The molecule has 3 aromatic carbocycles. The van der Waals surface area contributed by atoms with Crippen LogP contribution in [-0.2, 0) is 26.3 Å². The number of rotatable bonds is 16. The number of aliphatic carboxylic acids is 1. The van der Waals surface area contributed by atoms with Gasteiger partial charge >= 0.3 is 18.2 Å². The van der Waals surface area contributed by atoms with Crippen molar-refractivity contribution in [2.24, 2.45) is 0 Å². The lowest BCUT2D eigenvalue weighted by atomic mass is 9.83. The minimum atomic E-state index is -4.64. The summed E-state index contributed by atoms with van der Waals surface area (Å²) in [5.74, 6) is -3.85. The number of Topliss-reactive ketones (excluding diaryl/α,β-unsaturated/α-hetero) is 1. The summed E-state index contributed by atoms with van der Waals surface area (Å²) >= 11 is 6.03. The molecule has 0 bridgehead atoms. The van der Waals surface area contributed by atoms with Crippen molar-refractivity contribution in [1.29, 1.82) is 0 Å². The lowest BCUT2D eigenvalue weighted by Crippen LogP contribution is -2.42. The van der Waals surface area contributed by atoms with Gasteiger partial charge in [0, 0.05) is 35.2 Å². The molecule has 1 heterocycles. The first kappa shape index (κ1) is 38.9. The third-order valence-corrected chi connectivity index (χ3v) is 9.65. The van der Waals surface area contributed by atoms with Crippen LogP contribution in [0.2, 0.25) is 5.02 Å². The Morgan fingerprint density at radius 2 is 1.65 bits per heavy atom. The third-order valence-electron chi connectivity index (χ3n) is 9.40. The van der Waals surface area contributed by atoms with Gasteiger partial charge in [-0.2, -0.15) is 28.1 Å². The lowest BCUT2D eigenvalue weighted by Gasteiger charge is -2.25. The number of ketones is 1. The Morgan fingerprint density at radius 3 is 2.35 bits per heavy atom. The number of benzene rings is 3. The van der Waals surface area contributed by atoms with Crippen LogP contribution in [0.4, 0.5) is 30.8 Å². The molecule has 1 unspecified atom stereocenters. The number of anilines is 3. The fourth-order valence-electron chi connectivity index (χ4n) is 6.38. The minimum absolute atomic E-state index is 0.0382. The number of aryl methyl sites for hydroxylation is 1. The number of halogens is 4. The van der Waals surface area contributed by atoms with E-state index in [4.69, 9.17) is 16.3 Å². The molecule has 2 amide bonds. The van der Waals surface area contributed by atoms with Gasteiger partial charge < -0.3 is 31.1 Å². The van der Waals surface area contributed by atoms with Gasteiger partial charge in [0.1, 0.15) is 6.04 Å². The van der Waals surface area contributed by atoms with Crippen LogP contribution in [0.5, 0.6) is 6.01 Å². The number of carboxylic acid groups (broad SMARTS) is 1. The van der Waals surface area contributed by atoms with Crippen LogP contribution in [0.15, 0.2) is 72.8 Å². The average Bonchev–Trinajstić information content (AvgIpc) is 3.94. The monoisotopic (exact) mass is 779 g/mol. The molecule has 288 valence electrons. The van der Waals surface area contributed by atoms with Crippen LogP contribution in [0.1, 0.15) is 71.5 Å². The first-order valence-corrected chi connectivity index (χ1v) is 17.9. The Labute approximate surface area is 318 Å². The van der Waals surface area contributed by atoms with Crippen LogP contribution < -0.4 is 26.0 Å². The Balaban J connectivity index is 1.05. The molecule has 2 aliphatic carbocycles. The lowest BCUT2D eigenvalue weighted by molar-refractivity contribution is -0.154. The second kappa shape index (κ2) is 16.7. The molecule has 17 heteroatoms. The van der Waals surface area contributed by atoms with Gasteiger partial charge in [-0.1, -0.05) is 48.0 Å². The van der Waals surface area contributed by atoms with E-state index < -0.39 is 60.4 Å². The molecule has 13 nitrogen and oxygen atoms in total. The number of amides is 2. The predicted octanol–water partition coefficient (Wildman–Crippen LogP) is 6.08. The molecule has 2 aliphatic rings. The molecular weight excluding hydrogens is 743 g/mol. The van der Waals surface area contributed by atoms with Gasteiger partial charge in [-0.15, -0.1) is 0 Å². The zero-order valence-electron chi connectivity index (χ0n) is 29.3. The Kier molecular flexibility index (Phi) is 11.8. The largest absolute Gasteiger partial charge is 0.480 e. The van der Waals surface area contributed by atoms with Gasteiger partial charge in [-0.05, 0) is 91.6 Å². The Bertz CT molecular complexity index is 2050. The SMILES string of the molecule is O=C(CC[C@@H](NC(=O)c1ccc(Nc2nc(NC3(c4ccc(Cl)cc4)CC3)nc(OCC(F)(F)F)n2)cc1)C(=O)O)C(=O)NCC1CCCc2ccccc21. The van der Waals surface area contributed by atoms with Gasteiger partial charge in [0.25, 0.3) is 11.8 Å². The van der Waals surface area contributed by atoms with E-state index in [-0.39, 0.29) is 36.3 Å². The van der Waals surface area contributed by atoms with Gasteiger partial charge in [0.15, 0.2) is 6.61 Å². The molecular formula is C38H37ClF3N7O6. The van der Waals surface area contributed by atoms with Crippen molar-refractivity contribution in [3.05, 3.63) is 100 Å². The number of aromatic nitrogens is 3. The number of ether oxygens (including phenoxy) is 1. The molecule has 1 aromatic heterocycles. The van der Waals surface area contributed by atoms with E-state index in [2.05, 4.69) is 42.3 Å². The predicted molar refractivity (Wildman–Crippen MR) is 195 cm³/mol. The molecule has 2 atom stereocenters. The van der Waals surface area contributed by atoms with Gasteiger partial charge in [-0.3, -0.25) is 14.4 Å². The van der Waals surface area contributed by atoms with E-state index in [0.29, 0.717) is 23.6 Å². The topological polar surface area (TPSA) is 185 Å². The van der Waals surface area contributed by atoms with Gasteiger partial charge in [-0.25, -0.2) is 4.79 Å². The summed E-state index contributed by atoms with van der Waals surface area (Å²) in [7, 11) is 0. The highest BCUT2D eigenvalue weighted by Gasteiger charge is 2.45. The van der Waals surface area contributed by atoms with Crippen molar-refractivity contribution in [1.82, 2.24) is 25.6 Å². The first-order valence-electron chi connectivity index (χ1n) is 17.6. The summed E-state index contributed by atoms with van der Waals surface area (Å²) in [6, 6.07) is 18.7. The van der Waals surface area contributed by atoms with E-state index in [1.807, 2.05) is 30.3 Å². The Hall–Kier alpha value is -5.77. The molecule has 1 fully saturated rings. The summed E-state index contributed by atoms with van der Waals surface area (Å²) in [4.78, 5) is 62.4. The number of carbonyl (C=O) groups excluding carboxylic acids is 3. The van der Waals surface area contributed by atoms with E-state index in [9.17, 15) is 37.5 Å². The van der Waals surface area contributed by atoms with Crippen LogP contribution in [0.3, 0.4) is 0 Å². The number of nitrogens with one attached hydrogen (secondary N) is 4. The molecule has 55 heavy (non-hydrogen) atoms. The summed E-state index contributed by atoms with van der Waals surface area (Å²) < 4.78 is 43.7. The summed E-state index contributed by atoms with van der Waals surface area (Å²) in [6.45, 7) is -1.34. The highest BCUT2D eigenvalue weighted by atomic mass is 35.5. The van der Waals surface area contributed by atoms with E-state index in [1.54, 1.807) is 12.1 Å². The fourth-order valence-corrected chi connectivity index (χ4v) is 6.50. The minimum Gasteiger partial charge on any atom is -0.480 e. The molecule has 0 spiro atoms. The molecule has 4 aromatic rings. The molecule has 0 radical (unpaired) electrons. The van der Waals surface area contributed by atoms with Crippen molar-refractivity contribution in [2.45, 2.75) is 68.6 Å². The second-order valence-corrected chi connectivity index (χ2v) is 13.8. The normalized spacial score (nSPS) is 16.2. The molecule has 1 saturated carbocycles. The maximum absolute atomic E-state index is 13.0. The van der Waals surface area contributed by atoms with E-state index >= 15 is 0 Å². The molecule has 6 rings (SSSR count). The Morgan fingerprint density at radius 1 is 0.945 bits per heavy atom.